The summed E-state index contributed by atoms with van der Waals surface area (Å²) in [5.74, 6) is 0.197. The van der Waals surface area contributed by atoms with Gasteiger partial charge in [0.15, 0.2) is 0 Å². The number of carbonyl (C=O) groups is 1. The molecule has 2 aromatic carbocycles. The molecule has 3 aromatic rings. The third-order valence-electron chi connectivity index (χ3n) is 3.91. The number of aromatic nitrogens is 2. The summed E-state index contributed by atoms with van der Waals surface area (Å²) in [7, 11) is 0. The van der Waals surface area contributed by atoms with Gasteiger partial charge in [-0.3, -0.25) is 0 Å². The van der Waals surface area contributed by atoms with Crippen LogP contribution in [0.15, 0.2) is 53.3 Å². The number of amides is 1. The van der Waals surface area contributed by atoms with Crippen molar-refractivity contribution in [1.82, 2.24) is 10.2 Å². The molecule has 0 aliphatic carbocycles. The number of alkyl halides is 3. The summed E-state index contributed by atoms with van der Waals surface area (Å²) in [5, 5.41) is 7.56. The Kier molecular flexibility index (Phi) is 5.55. The molecule has 1 unspecified atom stereocenters. The highest BCUT2D eigenvalue weighted by molar-refractivity contribution is 6.31. The number of hydrogen-bond donors (Lipinski definition) is 1. The van der Waals surface area contributed by atoms with Crippen LogP contribution in [0.4, 0.5) is 18.0 Å². The molecule has 3 rings (SSSR count). The number of primary amides is 1. The van der Waals surface area contributed by atoms with Crippen molar-refractivity contribution in [2.45, 2.75) is 18.7 Å². The number of ether oxygens (including phenoxy) is 1. The molecule has 0 aliphatic heterocycles. The van der Waals surface area contributed by atoms with E-state index in [9.17, 15) is 18.0 Å². The average molecular weight is 412 g/mol. The molecule has 0 aliphatic rings. The second-order valence-corrected chi connectivity index (χ2v) is 6.18. The van der Waals surface area contributed by atoms with E-state index in [1.165, 1.54) is 12.1 Å². The van der Waals surface area contributed by atoms with Crippen molar-refractivity contribution >= 4 is 17.7 Å². The lowest BCUT2D eigenvalue weighted by atomic mass is 9.98. The van der Waals surface area contributed by atoms with Crippen molar-refractivity contribution in [2.24, 2.45) is 5.73 Å². The summed E-state index contributed by atoms with van der Waals surface area (Å²) in [5.41, 5.74) is 5.89. The van der Waals surface area contributed by atoms with Crippen molar-refractivity contribution in [3.05, 3.63) is 70.9 Å². The quantitative estimate of drug-likeness (QED) is 0.651. The van der Waals surface area contributed by atoms with Gasteiger partial charge < -0.3 is 14.9 Å². The summed E-state index contributed by atoms with van der Waals surface area (Å²) < 4.78 is 48.4. The van der Waals surface area contributed by atoms with Crippen LogP contribution < -0.4 is 5.73 Å². The number of nitrogens with two attached hydrogens (primary N) is 1. The maximum atomic E-state index is 12.7. The largest absolute Gasteiger partial charge is 0.441 e. The van der Waals surface area contributed by atoms with Gasteiger partial charge in [-0.1, -0.05) is 29.8 Å². The maximum Gasteiger partial charge on any atom is 0.416 e. The minimum atomic E-state index is -4.42. The highest BCUT2D eigenvalue weighted by Gasteiger charge is 2.30. The summed E-state index contributed by atoms with van der Waals surface area (Å²) in [4.78, 5) is 11.3. The summed E-state index contributed by atoms with van der Waals surface area (Å²) in [6, 6.07) is 9.46. The summed E-state index contributed by atoms with van der Waals surface area (Å²) in [6.45, 7) is 0. The van der Waals surface area contributed by atoms with Crippen molar-refractivity contribution in [3.63, 3.8) is 0 Å². The lowest BCUT2D eigenvalue weighted by molar-refractivity contribution is -0.137. The van der Waals surface area contributed by atoms with E-state index in [4.69, 9.17) is 26.5 Å². The fraction of sp³-hybridized carbons (Fsp3) is 0.167. The molecule has 1 aromatic heterocycles. The topological polar surface area (TPSA) is 91.2 Å². The van der Waals surface area contributed by atoms with Crippen LogP contribution in [-0.2, 0) is 17.3 Å². The SMILES string of the molecule is NC(=O)OC(Cc1nnco1)c1cc(-c2ccc(C(F)(F)F)cc2)ccc1Cl. The molecule has 28 heavy (non-hydrogen) atoms. The molecule has 1 amide bonds. The summed E-state index contributed by atoms with van der Waals surface area (Å²) in [6.07, 6.45) is -5.22. The monoisotopic (exact) mass is 411 g/mol. The molecule has 0 saturated carbocycles. The first-order chi connectivity index (χ1) is 13.2. The lowest BCUT2D eigenvalue weighted by Gasteiger charge is -2.18. The van der Waals surface area contributed by atoms with Crippen LogP contribution in [0.5, 0.6) is 0 Å². The summed E-state index contributed by atoms with van der Waals surface area (Å²) >= 11 is 6.24. The van der Waals surface area contributed by atoms with Crippen LogP contribution in [0.1, 0.15) is 23.1 Å². The first-order valence-electron chi connectivity index (χ1n) is 7.92. The second kappa shape index (κ2) is 7.89. The van der Waals surface area contributed by atoms with Crippen molar-refractivity contribution in [1.29, 1.82) is 0 Å². The van der Waals surface area contributed by atoms with Gasteiger partial charge in [0.1, 0.15) is 6.10 Å². The fourth-order valence-electron chi connectivity index (χ4n) is 2.62. The van der Waals surface area contributed by atoms with Crippen LogP contribution in [0, 0.1) is 0 Å². The Morgan fingerprint density at radius 3 is 2.43 bits per heavy atom. The van der Waals surface area contributed by atoms with Gasteiger partial charge in [-0.15, -0.1) is 10.2 Å². The van der Waals surface area contributed by atoms with E-state index < -0.39 is 23.9 Å². The van der Waals surface area contributed by atoms with Gasteiger partial charge >= 0.3 is 12.3 Å². The van der Waals surface area contributed by atoms with E-state index in [2.05, 4.69) is 10.2 Å². The molecule has 0 spiro atoms. The van der Waals surface area contributed by atoms with Crippen molar-refractivity contribution in [3.8, 4) is 11.1 Å². The van der Waals surface area contributed by atoms with Crippen LogP contribution in [0.3, 0.4) is 0 Å². The number of nitrogens with zero attached hydrogens (tertiary/aromatic N) is 2. The normalized spacial score (nSPS) is 12.6. The zero-order valence-electron chi connectivity index (χ0n) is 14.1. The van der Waals surface area contributed by atoms with Gasteiger partial charge in [0, 0.05) is 10.6 Å². The zero-order chi connectivity index (χ0) is 20.3. The van der Waals surface area contributed by atoms with Gasteiger partial charge in [0.05, 0.1) is 12.0 Å². The van der Waals surface area contributed by atoms with Crippen LogP contribution in [0.25, 0.3) is 11.1 Å². The van der Waals surface area contributed by atoms with E-state index >= 15 is 0 Å². The Morgan fingerprint density at radius 1 is 1.18 bits per heavy atom. The zero-order valence-corrected chi connectivity index (χ0v) is 14.9. The van der Waals surface area contributed by atoms with E-state index in [0.717, 1.165) is 18.5 Å². The minimum absolute atomic E-state index is 0.0269. The highest BCUT2D eigenvalue weighted by Crippen LogP contribution is 2.34. The first kappa shape index (κ1) is 19.7. The Balaban J connectivity index is 1.95. The Labute approximate surface area is 162 Å². The number of benzene rings is 2. The molecule has 0 radical (unpaired) electrons. The number of hydrogen-bond acceptors (Lipinski definition) is 5. The molecule has 0 fully saturated rings. The molecule has 6 nitrogen and oxygen atoms in total. The third kappa shape index (κ3) is 4.61. The van der Waals surface area contributed by atoms with Gasteiger partial charge in [0.25, 0.3) is 0 Å². The fourth-order valence-corrected chi connectivity index (χ4v) is 2.86. The second-order valence-electron chi connectivity index (χ2n) is 5.77. The van der Waals surface area contributed by atoms with E-state index in [0.29, 0.717) is 16.7 Å². The molecule has 1 heterocycles. The molecule has 10 heteroatoms. The molecule has 0 saturated heterocycles. The van der Waals surface area contributed by atoms with Gasteiger partial charge in [-0.05, 0) is 35.4 Å². The van der Waals surface area contributed by atoms with Gasteiger partial charge in [-0.25, -0.2) is 4.79 Å². The number of carbonyl (C=O) groups excluding carboxylic acids is 1. The maximum absolute atomic E-state index is 12.7. The molecular formula is C18H13ClF3N3O3. The smallest absolute Gasteiger partial charge is 0.416 e. The van der Waals surface area contributed by atoms with E-state index in [1.54, 1.807) is 18.2 Å². The Bertz CT molecular complexity index is 960. The standard InChI is InChI=1S/C18H13ClF3N3O3/c19-14-6-3-11(10-1-4-12(5-2-10)18(20,21)22)7-13(14)15(28-17(23)26)8-16-25-24-9-27-16/h1-7,9,15H,8H2,(H2,23,26). The Hall–Kier alpha value is -3.07. The predicted molar refractivity (Wildman–Crippen MR) is 93.3 cm³/mol. The molecular weight excluding hydrogens is 399 g/mol. The van der Waals surface area contributed by atoms with E-state index in [1.807, 2.05) is 0 Å². The van der Waals surface area contributed by atoms with E-state index in [-0.39, 0.29) is 17.3 Å². The molecule has 1 atom stereocenters. The van der Waals surface area contributed by atoms with Gasteiger partial charge in [-0.2, -0.15) is 13.2 Å². The van der Waals surface area contributed by atoms with Crippen LogP contribution in [0.2, 0.25) is 5.02 Å². The van der Waals surface area contributed by atoms with Gasteiger partial charge in [0.2, 0.25) is 12.3 Å². The van der Waals surface area contributed by atoms with Crippen LogP contribution in [-0.4, -0.2) is 16.3 Å². The molecule has 146 valence electrons. The Morgan fingerprint density at radius 2 is 1.86 bits per heavy atom. The molecule has 0 bridgehead atoms. The predicted octanol–water partition coefficient (Wildman–Crippen LogP) is 4.79. The van der Waals surface area contributed by atoms with Crippen molar-refractivity contribution < 1.29 is 27.1 Å². The lowest BCUT2D eigenvalue weighted by Crippen LogP contribution is -2.19. The highest BCUT2D eigenvalue weighted by atomic mass is 35.5. The number of halogens is 4. The minimum Gasteiger partial charge on any atom is -0.441 e. The van der Waals surface area contributed by atoms with Crippen LogP contribution >= 0.6 is 11.6 Å². The first-order valence-corrected chi connectivity index (χ1v) is 8.30. The third-order valence-corrected chi connectivity index (χ3v) is 4.26. The number of rotatable bonds is 5. The van der Waals surface area contributed by atoms with Crippen molar-refractivity contribution in [2.75, 3.05) is 0 Å². The molecule has 2 N–H and O–H groups in total. The average Bonchev–Trinajstić information content (AvgIpc) is 3.14.